The Labute approximate surface area is 138 Å². The van der Waals surface area contributed by atoms with Crippen molar-refractivity contribution in [1.29, 1.82) is 0 Å². The molecule has 126 valence electrons. The molecule has 0 radical (unpaired) electrons. The number of likely N-dealkylation sites (tertiary alicyclic amines) is 1. The Balaban J connectivity index is 1.56. The minimum absolute atomic E-state index is 0.285. The van der Waals surface area contributed by atoms with Crippen molar-refractivity contribution in [2.75, 3.05) is 13.1 Å². The van der Waals surface area contributed by atoms with Gasteiger partial charge in [0.2, 0.25) is 5.91 Å². The quantitative estimate of drug-likeness (QED) is 0.858. The second kappa shape index (κ2) is 5.91. The fourth-order valence-electron chi connectivity index (χ4n) is 5.01. The number of amides is 1. The average Bonchev–Trinajstić information content (AvgIpc) is 3.24. The highest BCUT2D eigenvalue weighted by molar-refractivity contribution is 5.79. The molecular formula is C18H28N4O. The van der Waals surface area contributed by atoms with Crippen LogP contribution in [0.2, 0.25) is 0 Å². The van der Waals surface area contributed by atoms with Gasteiger partial charge in [-0.1, -0.05) is 26.2 Å². The van der Waals surface area contributed by atoms with Gasteiger partial charge in [-0.05, 0) is 37.5 Å². The van der Waals surface area contributed by atoms with Crippen LogP contribution in [0.3, 0.4) is 0 Å². The van der Waals surface area contributed by atoms with Crippen LogP contribution in [0.4, 0.5) is 0 Å². The van der Waals surface area contributed by atoms with E-state index < -0.39 is 0 Å². The van der Waals surface area contributed by atoms with E-state index in [1.54, 1.807) is 0 Å². The number of hydrogen-bond donors (Lipinski definition) is 0. The first-order chi connectivity index (χ1) is 11.2. The Bertz CT molecular complexity index is 571. The van der Waals surface area contributed by atoms with E-state index in [-0.39, 0.29) is 5.41 Å². The molecule has 4 rings (SSSR count). The van der Waals surface area contributed by atoms with Gasteiger partial charge in [-0.25, -0.2) is 0 Å². The van der Waals surface area contributed by atoms with Gasteiger partial charge < -0.3 is 9.47 Å². The molecule has 1 amide bonds. The summed E-state index contributed by atoms with van der Waals surface area (Å²) < 4.78 is 2.22. The molecule has 5 nitrogen and oxygen atoms in total. The molecule has 1 atom stereocenters. The summed E-state index contributed by atoms with van der Waals surface area (Å²) in [7, 11) is 0. The number of hydrogen-bond acceptors (Lipinski definition) is 3. The van der Waals surface area contributed by atoms with E-state index in [0.717, 1.165) is 44.7 Å². The lowest BCUT2D eigenvalue weighted by Crippen LogP contribution is -2.39. The van der Waals surface area contributed by atoms with Gasteiger partial charge in [0, 0.05) is 31.5 Å². The Morgan fingerprint density at radius 3 is 2.74 bits per heavy atom. The molecule has 0 aromatic carbocycles. The Morgan fingerprint density at radius 1 is 1.30 bits per heavy atom. The van der Waals surface area contributed by atoms with Crippen molar-refractivity contribution in [3.8, 4) is 0 Å². The molecule has 1 unspecified atom stereocenters. The molecule has 5 heteroatoms. The third-order valence-electron chi connectivity index (χ3n) is 6.44. The lowest BCUT2D eigenvalue weighted by Gasteiger charge is -2.42. The first-order valence-electron chi connectivity index (χ1n) is 9.40. The van der Waals surface area contributed by atoms with Crippen molar-refractivity contribution in [2.24, 2.45) is 11.3 Å². The van der Waals surface area contributed by atoms with E-state index in [1.807, 2.05) is 6.33 Å². The summed E-state index contributed by atoms with van der Waals surface area (Å²) >= 11 is 0. The lowest BCUT2D eigenvalue weighted by molar-refractivity contribution is -0.135. The zero-order chi connectivity index (χ0) is 15.9. The van der Waals surface area contributed by atoms with Crippen LogP contribution < -0.4 is 0 Å². The Hall–Kier alpha value is -1.39. The van der Waals surface area contributed by atoms with Gasteiger partial charge >= 0.3 is 0 Å². The summed E-state index contributed by atoms with van der Waals surface area (Å²) in [6.07, 6.45) is 11.4. The van der Waals surface area contributed by atoms with Gasteiger partial charge in [-0.15, -0.1) is 10.2 Å². The minimum atomic E-state index is 0.285. The molecule has 0 N–H and O–H groups in total. The van der Waals surface area contributed by atoms with Crippen molar-refractivity contribution >= 4 is 5.91 Å². The van der Waals surface area contributed by atoms with Crippen LogP contribution in [-0.2, 0) is 11.3 Å². The van der Waals surface area contributed by atoms with E-state index in [1.165, 1.54) is 32.1 Å². The average molecular weight is 316 g/mol. The predicted molar refractivity (Wildman–Crippen MR) is 87.9 cm³/mol. The number of aromatic nitrogens is 3. The van der Waals surface area contributed by atoms with E-state index in [0.29, 0.717) is 17.7 Å². The van der Waals surface area contributed by atoms with Crippen molar-refractivity contribution in [1.82, 2.24) is 19.7 Å². The van der Waals surface area contributed by atoms with Crippen molar-refractivity contribution in [3.63, 3.8) is 0 Å². The Morgan fingerprint density at radius 2 is 2.09 bits per heavy atom. The maximum absolute atomic E-state index is 12.9. The second-order valence-electron chi connectivity index (χ2n) is 7.85. The van der Waals surface area contributed by atoms with E-state index in [9.17, 15) is 4.79 Å². The highest BCUT2D eigenvalue weighted by Gasteiger charge is 2.54. The van der Waals surface area contributed by atoms with Gasteiger partial charge in [0.05, 0.1) is 0 Å². The largest absolute Gasteiger partial charge is 0.341 e. The van der Waals surface area contributed by atoms with Gasteiger partial charge in [0.15, 0.2) is 0 Å². The summed E-state index contributed by atoms with van der Waals surface area (Å²) in [5, 5.41) is 8.63. The second-order valence-corrected chi connectivity index (χ2v) is 7.85. The minimum Gasteiger partial charge on any atom is -0.341 e. The third kappa shape index (κ3) is 2.48. The number of aryl methyl sites for hydroxylation is 1. The summed E-state index contributed by atoms with van der Waals surface area (Å²) in [6.45, 7) is 4.97. The van der Waals surface area contributed by atoms with Crippen molar-refractivity contribution in [2.45, 2.75) is 70.8 Å². The van der Waals surface area contributed by atoms with Crippen LogP contribution in [0.5, 0.6) is 0 Å². The normalized spacial score (nSPS) is 26.8. The number of rotatable bonds is 4. The smallest absolute Gasteiger partial charge is 0.225 e. The first kappa shape index (κ1) is 15.2. The summed E-state index contributed by atoms with van der Waals surface area (Å²) in [5.41, 5.74) is 0.285. The van der Waals surface area contributed by atoms with Gasteiger partial charge in [0.25, 0.3) is 0 Å². The third-order valence-corrected chi connectivity index (χ3v) is 6.44. The van der Waals surface area contributed by atoms with E-state index >= 15 is 0 Å². The lowest BCUT2D eigenvalue weighted by atomic mass is 9.62. The van der Waals surface area contributed by atoms with Crippen LogP contribution in [0.1, 0.15) is 70.0 Å². The first-order valence-corrected chi connectivity index (χ1v) is 9.40. The van der Waals surface area contributed by atoms with Crippen LogP contribution in [0.15, 0.2) is 6.33 Å². The molecular weight excluding hydrogens is 288 g/mol. The highest BCUT2D eigenvalue weighted by Crippen LogP contribution is 2.55. The van der Waals surface area contributed by atoms with E-state index in [4.69, 9.17) is 0 Å². The Kier molecular flexibility index (Phi) is 3.90. The summed E-state index contributed by atoms with van der Waals surface area (Å²) in [6, 6.07) is 0. The number of nitrogens with zero attached hydrogens (tertiary/aromatic N) is 4. The molecule has 0 bridgehead atoms. The molecule has 1 aromatic heterocycles. The van der Waals surface area contributed by atoms with Crippen molar-refractivity contribution < 1.29 is 4.79 Å². The molecule has 3 fully saturated rings. The molecule has 2 aliphatic carbocycles. The molecule has 2 heterocycles. The zero-order valence-electron chi connectivity index (χ0n) is 14.2. The number of carbonyl (C=O) groups excluding carboxylic acids is 1. The van der Waals surface area contributed by atoms with Crippen LogP contribution in [0, 0.1) is 11.3 Å². The molecule has 1 aromatic rings. The summed E-state index contributed by atoms with van der Waals surface area (Å²) in [4.78, 5) is 15.1. The molecule has 1 spiro atoms. The highest BCUT2D eigenvalue weighted by atomic mass is 16.2. The zero-order valence-corrected chi connectivity index (χ0v) is 14.2. The molecule has 23 heavy (non-hydrogen) atoms. The molecule has 2 saturated carbocycles. The molecule has 1 aliphatic heterocycles. The number of carbonyl (C=O) groups is 1. The standard InChI is InChI=1S/C18H28N4O/c1-2-10-21-13-19-20-16(21)15-11-22(12-18(15)8-5-9-18)17(23)14-6-3-4-7-14/h13-15H,2-12H2,1H3. The monoisotopic (exact) mass is 316 g/mol. The van der Waals surface area contributed by atoms with Crippen LogP contribution in [0.25, 0.3) is 0 Å². The topological polar surface area (TPSA) is 51.0 Å². The van der Waals surface area contributed by atoms with Gasteiger partial charge in [0.1, 0.15) is 12.2 Å². The molecule has 1 saturated heterocycles. The van der Waals surface area contributed by atoms with Crippen molar-refractivity contribution in [3.05, 3.63) is 12.2 Å². The maximum atomic E-state index is 12.9. The maximum Gasteiger partial charge on any atom is 0.225 e. The van der Waals surface area contributed by atoms with Gasteiger partial charge in [-0.3, -0.25) is 4.79 Å². The predicted octanol–water partition coefficient (Wildman–Crippen LogP) is 2.97. The van der Waals surface area contributed by atoms with Crippen LogP contribution >= 0.6 is 0 Å². The van der Waals surface area contributed by atoms with Gasteiger partial charge in [-0.2, -0.15) is 0 Å². The SMILES string of the molecule is CCCn1cnnc1C1CN(C(=O)C2CCCC2)CC12CCC2. The fraction of sp³-hybridized carbons (Fsp3) is 0.833. The van der Waals surface area contributed by atoms with E-state index in [2.05, 4.69) is 26.6 Å². The van der Waals surface area contributed by atoms with Crippen LogP contribution in [-0.4, -0.2) is 38.7 Å². The fourth-order valence-corrected chi connectivity index (χ4v) is 5.01. The summed E-state index contributed by atoms with van der Waals surface area (Å²) in [5.74, 6) is 2.21. The molecule has 3 aliphatic rings.